The number of aromatic nitrogens is 3. The molecule has 0 amide bonds. The van der Waals surface area contributed by atoms with Crippen LogP contribution in [0, 0.1) is 6.92 Å². The lowest BCUT2D eigenvalue weighted by Gasteiger charge is -2.05. The van der Waals surface area contributed by atoms with Crippen LogP contribution >= 0.6 is 0 Å². The van der Waals surface area contributed by atoms with Gasteiger partial charge in [-0.3, -0.25) is 0 Å². The molecule has 0 bridgehead atoms. The third-order valence-corrected chi connectivity index (χ3v) is 4.44. The number of hydrogen-bond donors (Lipinski definition) is 0. The van der Waals surface area contributed by atoms with Crippen molar-refractivity contribution in [1.82, 2.24) is 14.7 Å². The predicted molar refractivity (Wildman–Crippen MR) is 66.7 cm³/mol. The number of carbonyl (C=O) groups excluding carboxylic acids is 1. The van der Waals surface area contributed by atoms with Crippen LogP contribution in [0.2, 0.25) is 0 Å². The molecule has 2 aromatic rings. The molecule has 0 aliphatic carbocycles. The molecule has 0 aliphatic rings. The molecule has 20 heavy (non-hydrogen) atoms. The summed E-state index contributed by atoms with van der Waals surface area (Å²) in [5.74, 6) is -0.521. The highest BCUT2D eigenvalue weighted by Crippen LogP contribution is 2.18. The lowest BCUT2D eigenvalue weighted by atomic mass is 10.3. The number of carbonyl (C=O) groups is 1. The van der Waals surface area contributed by atoms with Gasteiger partial charge >= 0.3 is 5.97 Å². The van der Waals surface area contributed by atoms with E-state index in [4.69, 9.17) is 4.52 Å². The van der Waals surface area contributed by atoms with Gasteiger partial charge in [0.15, 0.2) is 0 Å². The molecule has 0 radical (unpaired) electrons. The SMILES string of the molecule is COC(=O)c1cnc(S(=O)(=O)Cc2cnoc2C)n1C. The lowest BCUT2D eigenvalue weighted by Crippen LogP contribution is -2.14. The van der Waals surface area contributed by atoms with E-state index in [9.17, 15) is 13.2 Å². The van der Waals surface area contributed by atoms with Gasteiger partial charge in [0.2, 0.25) is 15.0 Å². The van der Waals surface area contributed by atoms with Crippen molar-refractivity contribution in [2.24, 2.45) is 7.05 Å². The highest BCUT2D eigenvalue weighted by Gasteiger charge is 2.26. The molecule has 0 spiro atoms. The summed E-state index contributed by atoms with van der Waals surface area (Å²) in [5, 5.41) is 3.32. The summed E-state index contributed by atoms with van der Waals surface area (Å²) in [4.78, 5) is 15.2. The molecular formula is C11H13N3O5S. The van der Waals surface area contributed by atoms with Crippen LogP contribution in [0.1, 0.15) is 21.8 Å². The van der Waals surface area contributed by atoms with E-state index in [2.05, 4.69) is 14.9 Å². The van der Waals surface area contributed by atoms with E-state index < -0.39 is 15.8 Å². The van der Waals surface area contributed by atoms with Crippen molar-refractivity contribution in [3.05, 3.63) is 29.4 Å². The minimum atomic E-state index is -3.71. The molecule has 0 atom stereocenters. The van der Waals surface area contributed by atoms with E-state index in [1.54, 1.807) is 6.92 Å². The van der Waals surface area contributed by atoms with Crippen LogP contribution in [-0.4, -0.2) is 36.2 Å². The van der Waals surface area contributed by atoms with Gasteiger partial charge in [0.25, 0.3) is 0 Å². The Morgan fingerprint density at radius 1 is 1.45 bits per heavy atom. The Balaban J connectivity index is 2.38. The molecular weight excluding hydrogens is 286 g/mol. The molecule has 0 aliphatic heterocycles. The van der Waals surface area contributed by atoms with Crippen LogP contribution in [0.25, 0.3) is 0 Å². The number of nitrogens with zero attached hydrogens (tertiary/aromatic N) is 3. The Morgan fingerprint density at radius 3 is 2.70 bits per heavy atom. The van der Waals surface area contributed by atoms with E-state index in [-0.39, 0.29) is 16.6 Å². The average molecular weight is 299 g/mol. The molecule has 0 saturated heterocycles. The van der Waals surface area contributed by atoms with Crippen molar-refractivity contribution in [3.8, 4) is 0 Å². The fourth-order valence-electron chi connectivity index (χ4n) is 1.70. The zero-order chi connectivity index (χ0) is 14.9. The summed E-state index contributed by atoms with van der Waals surface area (Å²) in [5.41, 5.74) is 0.515. The van der Waals surface area contributed by atoms with Gasteiger partial charge < -0.3 is 13.8 Å². The fraction of sp³-hybridized carbons (Fsp3) is 0.364. The number of methoxy groups -OCH3 is 1. The second-order valence-electron chi connectivity index (χ2n) is 4.14. The molecule has 8 nitrogen and oxygen atoms in total. The lowest BCUT2D eigenvalue weighted by molar-refractivity contribution is 0.0589. The quantitative estimate of drug-likeness (QED) is 0.756. The second-order valence-corrected chi connectivity index (χ2v) is 6.03. The maximum Gasteiger partial charge on any atom is 0.356 e. The Morgan fingerprint density at radius 2 is 2.15 bits per heavy atom. The van der Waals surface area contributed by atoms with Crippen molar-refractivity contribution in [1.29, 1.82) is 0 Å². The zero-order valence-electron chi connectivity index (χ0n) is 11.2. The van der Waals surface area contributed by atoms with Crippen LogP contribution in [0.3, 0.4) is 0 Å². The van der Waals surface area contributed by atoms with Crippen LogP contribution in [-0.2, 0) is 27.4 Å². The topological polar surface area (TPSA) is 104 Å². The number of aryl methyl sites for hydroxylation is 1. The first-order chi connectivity index (χ1) is 9.36. The number of sulfone groups is 1. The summed E-state index contributed by atoms with van der Waals surface area (Å²) in [7, 11) is -1.06. The van der Waals surface area contributed by atoms with Crippen LogP contribution in [0.4, 0.5) is 0 Å². The van der Waals surface area contributed by atoms with Crippen LogP contribution < -0.4 is 0 Å². The van der Waals surface area contributed by atoms with Gasteiger partial charge in [-0.05, 0) is 6.92 Å². The summed E-state index contributed by atoms with van der Waals surface area (Å²) < 4.78 is 35.1. The van der Waals surface area contributed by atoms with Gasteiger partial charge in [0, 0.05) is 12.6 Å². The Labute approximate surface area is 115 Å². The van der Waals surface area contributed by atoms with Crippen LogP contribution in [0.15, 0.2) is 22.1 Å². The molecule has 2 heterocycles. The largest absolute Gasteiger partial charge is 0.464 e. The third-order valence-electron chi connectivity index (χ3n) is 2.81. The third kappa shape index (κ3) is 2.44. The molecule has 0 N–H and O–H groups in total. The maximum atomic E-state index is 12.3. The average Bonchev–Trinajstić information content (AvgIpc) is 2.95. The first kappa shape index (κ1) is 14.3. The molecule has 0 fully saturated rings. The molecule has 0 aromatic carbocycles. The standard InChI is InChI=1S/C11H13N3O5S/c1-7-8(4-13-19-7)6-20(16,17)11-12-5-9(14(11)2)10(15)18-3/h4-5H,6H2,1-3H3. The first-order valence-electron chi connectivity index (χ1n) is 5.59. The number of esters is 1. The summed E-state index contributed by atoms with van der Waals surface area (Å²) >= 11 is 0. The van der Waals surface area contributed by atoms with Gasteiger partial charge in [0.05, 0.1) is 25.3 Å². The smallest absolute Gasteiger partial charge is 0.356 e. The van der Waals surface area contributed by atoms with Gasteiger partial charge in [-0.2, -0.15) is 0 Å². The van der Waals surface area contributed by atoms with Crippen molar-refractivity contribution >= 4 is 15.8 Å². The Kier molecular flexibility index (Phi) is 3.62. The normalized spacial score (nSPS) is 11.6. The van der Waals surface area contributed by atoms with Gasteiger partial charge in [-0.1, -0.05) is 5.16 Å². The molecule has 9 heteroatoms. The van der Waals surface area contributed by atoms with Crippen molar-refractivity contribution in [3.63, 3.8) is 0 Å². The molecule has 2 rings (SSSR count). The molecule has 2 aromatic heterocycles. The number of hydrogen-bond acceptors (Lipinski definition) is 7. The molecule has 108 valence electrons. The molecule has 0 unspecified atom stereocenters. The Bertz CT molecular complexity index is 744. The fourth-order valence-corrected chi connectivity index (χ4v) is 3.25. The number of rotatable bonds is 4. The predicted octanol–water partition coefficient (Wildman–Crippen LogP) is 0.477. The van der Waals surface area contributed by atoms with Crippen molar-refractivity contribution in [2.75, 3.05) is 7.11 Å². The monoisotopic (exact) mass is 299 g/mol. The Hall–Kier alpha value is -2.16. The van der Waals surface area contributed by atoms with E-state index in [1.165, 1.54) is 31.1 Å². The van der Waals surface area contributed by atoms with Gasteiger partial charge in [0.1, 0.15) is 11.5 Å². The zero-order valence-corrected chi connectivity index (χ0v) is 12.0. The minimum absolute atomic E-state index is 0.0631. The van der Waals surface area contributed by atoms with E-state index in [1.807, 2.05) is 0 Å². The number of ether oxygens (including phenoxy) is 1. The second kappa shape index (κ2) is 5.08. The van der Waals surface area contributed by atoms with Crippen molar-refractivity contribution in [2.45, 2.75) is 17.8 Å². The van der Waals surface area contributed by atoms with Crippen molar-refractivity contribution < 1.29 is 22.5 Å². The van der Waals surface area contributed by atoms with E-state index in [0.29, 0.717) is 11.3 Å². The van der Waals surface area contributed by atoms with E-state index in [0.717, 1.165) is 0 Å². The van der Waals surface area contributed by atoms with Gasteiger partial charge in [-0.15, -0.1) is 0 Å². The molecule has 0 saturated carbocycles. The first-order valence-corrected chi connectivity index (χ1v) is 7.25. The van der Waals surface area contributed by atoms with Gasteiger partial charge in [-0.25, -0.2) is 18.2 Å². The highest BCUT2D eigenvalue weighted by atomic mass is 32.2. The summed E-state index contributed by atoms with van der Waals surface area (Å²) in [6.07, 6.45) is 2.51. The summed E-state index contributed by atoms with van der Waals surface area (Å²) in [6, 6.07) is 0. The summed E-state index contributed by atoms with van der Waals surface area (Å²) in [6.45, 7) is 1.62. The minimum Gasteiger partial charge on any atom is -0.464 e. The van der Waals surface area contributed by atoms with Crippen LogP contribution in [0.5, 0.6) is 0 Å². The maximum absolute atomic E-state index is 12.3. The highest BCUT2D eigenvalue weighted by molar-refractivity contribution is 7.90. The number of imidazole rings is 1. The van der Waals surface area contributed by atoms with E-state index >= 15 is 0 Å².